The van der Waals surface area contributed by atoms with E-state index in [0.717, 1.165) is 17.0 Å². The quantitative estimate of drug-likeness (QED) is 0.612. The zero-order valence-electron chi connectivity index (χ0n) is 15.5. The Morgan fingerprint density at radius 3 is 2.41 bits per heavy atom. The van der Waals surface area contributed by atoms with Gasteiger partial charge in [-0.3, -0.25) is 9.59 Å². The van der Waals surface area contributed by atoms with E-state index in [4.69, 9.17) is 9.47 Å². The second-order valence-corrected chi connectivity index (χ2v) is 6.77. The summed E-state index contributed by atoms with van der Waals surface area (Å²) in [6.07, 6.45) is 0. The van der Waals surface area contributed by atoms with E-state index in [1.165, 1.54) is 11.8 Å². The van der Waals surface area contributed by atoms with Crippen molar-refractivity contribution in [2.75, 3.05) is 37.1 Å². The smallest absolute Gasteiger partial charge is 0.234 e. The molecule has 0 aliphatic carbocycles. The average Bonchev–Trinajstić information content (AvgIpc) is 2.66. The van der Waals surface area contributed by atoms with E-state index in [-0.39, 0.29) is 23.3 Å². The predicted molar refractivity (Wildman–Crippen MR) is 109 cm³/mol. The fourth-order valence-corrected chi connectivity index (χ4v) is 2.89. The molecular formula is C20H24N2O4S. The molecule has 2 aromatic rings. The minimum Gasteiger partial charge on any atom is -0.497 e. The molecule has 0 aromatic heterocycles. The van der Waals surface area contributed by atoms with Crippen molar-refractivity contribution >= 4 is 29.3 Å². The Kier molecular flexibility index (Phi) is 8.51. The molecule has 6 nitrogen and oxygen atoms in total. The molecule has 2 aromatic carbocycles. The van der Waals surface area contributed by atoms with Gasteiger partial charge in [0.2, 0.25) is 11.8 Å². The first-order valence-corrected chi connectivity index (χ1v) is 9.70. The molecule has 2 amide bonds. The minimum atomic E-state index is -0.124. The number of hydrogen-bond acceptors (Lipinski definition) is 5. The standard InChI is InChI=1S/C20H24N2O4S/c1-15-4-3-5-16(12-15)22-20(24)14-27-13-19(23)21-10-11-26-18-8-6-17(25-2)7-9-18/h3-9,12H,10-11,13-14H2,1-2H3,(H,21,23)(H,22,24). The predicted octanol–water partition coefficient (Wildman–Crippen LogP) is 2.87. The van der Waals surface area contributed by atoms with Crippen LogP contribution in [0.4, 0.5) is 5.69 Å². The molecule has 0 saturated carbocycles. The SMILES string of the molecule is COc1ccc(OCCNC(=O)CSCC(=O)Nc2cccc(C)c2)cc1. The summed E-state index contributed by atoms with van der Waals surface area (Å²) in [5.41, 5.74) is 1.84. The lowest BCUT2D eigenvalue weighted by Crippen LogP contribution is -2.30. The van der Waals surface area contributed by atoms with Gasteiger partial charge in [0.05, 0.1) is 25.2 Å². The summed E-state index contributed by atoms with van der Waals surface area (Å²) in [6, 6.07) is 14.8. The number of carbonyl (C=O) groups excluding carboxylic acids is 2. The van der Waals surface area contributed by atoms with Crippen molar-refractivity contribution in [3.8, 4) is 11.5 Å². The molecule has 0 bridgehead atoms. The number of anilines is 1. The monoisotopic (exact) mass is 388 g/mol. The zero-order chi connectivity index (χ0) is 19.5. The number of benzene rings is 2. The molecule has 0 fully saturated rings. The third-order valence-corrected chi connectivity index (χ3v) is 4.45. The lowest BCUT2D eigenvalue weighted by atomic mass is 10.2. The van der Waals surface area contributed by atoms with Crippen LogP contribution >= 0.6 is 11.8 Å². The molecule has 2 rings (SSSR count). The van der Waals surface area contributed by atoms with Crippen LogP contribution in [0.1, 0.15) is 5.56 Å². The molecule has 0 spiro atoms. The maximum absolute atomic E-state index is 11.9. The number of hydrogen-bond donors (Lipinski definition) is 2. The number of nitrogens with one attached hydrogen (secondary N) is 2. The molecular weight excluding hydrogens is 364 g/mol. The van der Waals surface area contributed by atoms with Crippen LogP contribution in [0.15, 0.2) is 48.5 Å². The molecule has 0 aliphatic rings. The van der Waals surface area contributed by atoms with Crippen LogP contribution in [-0.2, 0) is 9.59 Å². The Bertz CT molecular complexity index is 750. The molecule has 0 unspecified atom stereocenters. The highest BCUT2D eigenvalue weighted by atomic mass is 32.2. The van der Waals surface area contributed by atoms with Crippen LogP contribution in [0.5, 0.6) is 11.5 Å². The van der Waals surface area contributed by atoms with Gasteiger partial charge in [0, 0.05) is 5.69 Å². The van der Waals surface area contributed by atoms with Crippen LogP contribution in [0.25, 0.3) is 0 Å². The first kappa shape index (κ1) is 20.6. The van der Waals surface area contributed by atoms with Crippen molar-refractivity contribution in [1.82, 2.24) is 5.32 Å². The van der Waals surface area contributed by atoms with E-state index in [2.05, 4.69) is 10.6 Å². The Labute approximate surface area is 163 Å². The normalized spacial score (nSPS) is 10.1. The molecule has 144 valence electrons. The van der Waals surface area contributed by atoms with Crippen molar-refractivity contribution < 1.29 is 19.1 Å². The molecule has 2 N–H and O–H groups in total. The van der Waals surface area contributed by atoms with E-state index >= 15 is 0 Å². The molecule has 0 heterocycles. The number of ether oxygens (including phenoxy) is 2. The molecule has 0 atom stereocenters. The van der Waals surface area contributed by atoms with Crippen molar-refractivity contribution in [3.05, 3.63) is 54.1 Å². The molecule has 7 heteroatoms. The molecule has 0 saturated heterocycles. The van der Waals surface area contributed by atoms with Gasteiger partial charge in [-0.25, -0.2) is 0 Å². The summed E-state index contributed by atoms with van der Waals surface area (Å²) in [4.78, 5) is 23.7. The van der Waals surface area contributed by atoms with Crippen molar-refractivity contribution in [1.29, 1.82) is 0 Å². The van der Waals surface area contributed by atoms with Gasteiger partial charge in [0.1, 0.15) is 18.1 Å². The van der Waals surface area contributed by atoms with E-state index in [1.54, 1.807) is 7.11 Å². The largest absolute Gasteiger partial charge is 0.497 e. The van der Waals surface area contributed by atoms with Gasteiger partial charge in [-0.15, -0.1) is 11.8 Å². The lowest BCUT2D eigenvalue weighted by molar-refractivity contribution is -0.118. The highest BCUT2D eigenvalue weighted by Gasteiger charge is 2.06. The highest BCUT2D eigenvalue weighted by molar-refractivity contribution is 8.00. The number of aryl methyl sites for hydroxylation is 1. The summed E-state index contributed by atoms with van der Waals surface area (Å²) in [5, 5.41) is 5.58. The number of carbonyl (C=O) groups is 2. The van der Waals surface area contributed by atoms with Crippen LogP contribution < -0.4 is 20.1 Å². The van der Waals surface area contributed by atoms with E-state index in [1.807, 2.05) is 55.5 Å². The summed E-state index contributed by atoms with van der Waals surface area (Å²) in [6.45, 7) is 2.74. The zero-order valence-corrected chi connectivity index (χ0v) is 16.3. The van der Waals surface area contributed by atoms with Crippen LogP contribution in [0.3, 0.4) is 0 Å². The third-order valence-electron chi connectivity index (χ3n) is 3.52. The van der Waals surface area contributed by atoms with Gasteiger partial charge in [0.25, 0.3) is 0 Å². The van der Waals surface area contributed by atoms with Crippen molar-refractivity contribution in [2.24, 2.45) is 0 Å². The molecule has 27 heavy (non-hydrogen) atoms. The Hall–Kier alpha value is -2.67. The molecule has 0 radical (unpaired) electrons. The van der Waals surface area contributed by atoms with Crippen molar-refractivity contribution in [3.63, 3.8) is 0 Å². The minimum absolute atomic E-state index is 0.123. The van der Waals surface area contributed by atoms with Gasteiger partial charge in [-0.05, 0) is 48.9 Å². The van der Waals surface area contributed by atoms with E-state index in [9.17, 15) is 9.59 Å². The first-order valence-electron chi connectivity index (χ1n) is 8.54. The van der Waals surface area contributed by atoms with Gasteiger partial charge in [-0.2, -0.15) is 0 Å². The maximum atomic E-state index is 11.9. The second kappa shape index (κ2) is 11.1. The second-order valence-electron chi connectivity index (χ2n) is 5.78. The van der Waals surface area contributed by atoms with Gasteiger partial charge < -0.3 is 20.1 Å². The summed E-state index contributed by atoms with van der Waals surface area (Å²) in [7, 11) is 1.61. The Morgan fingerprint density at radius 2 is 1.70 bits per heavy atom. The average molecular weight is 388 g/mol. The lowest BCUT2D eigenvalue weighted by Gasteiger charge is -2.09. The number of amides is 2. The third kappa shape index (κ3) is 8.04. The van der Waals surface area contributed by atoms with Crippen molar-refractivity contribution in [2.45, 2.75) is 6.92 Å². The van der Waals surface area contributed by atoms with Gasteiger partial charge >= 0.3 is 0 Å². The fourth-order valence-electron chi connectivity index (χ4n) is 2.24. The molecule has 0 aliphatic heterocycles. The topological polar surface area (TPSA) is 76.7 Å². The summed E-state index contributed by atoms with van der Waals surface area (Å²) in [5.74, 6) is 1.68. The summed E-state index contributed by atoms with van der Waals surface area (Å²) >= 11 is 1.27. The van der Waals surface area contributed by atoms with E-state index < -0.39 is 0 Å². The first-order chi connectivity index (χ1) is 13.1. The van der Waals surface area contributed by atoms with Crippen LogP contribution in [-0.4, -0.2) is 43.6 Å². The number of rotatable bonds is 10. The van der Waals surface area contributed by atoms with Gasteiger partial charge in [-0.1, -0.05) is 12.1 Å². The summed E-state index contributed by atoms with van der Waals surface area (Å²) < 4.78 is 10.6. The Balaban J connectivity index is 1.55. The van der Waals surface area contributed by atoms with E-state index in [0.29, 0.717) is 18.9 Å². The van der Waals surface area contributed by atoms with Gasteiger partial charge in [0.15, 0.2) is 0 Å². The Morgan fingerprint density at radius 1 is 1.00 bits per heavy atom. The van der Waals surface area contributed by atoms with Crippen LogP contribution in [0.2, 0.25) is 0 Å². The number of thioether (sulfide) groups is 1. The fraction of sp³-hybridized carbons (Fsp3) is 0.300. The highest BCUT2D eigenvalue weighted by Crippen LogP contribution is 2.16. The number of methoxy groups -OCH3 is 1. The van der Waals surface area contributed by atoms with Crippen LogP contribution in [0, 0.1) is 6.92 Å². The maximum Gasteiger partial charge on any atom is 0.234 e.